The van der Waals surface area contributed by atoms with Gasteiger partial charge in [-0.25, -0.2) is 0 Å². The number of carbonyl (C=O) groups is 1. The van der Waals surface area contributed by atoms with Crippen LogP contribution in [0, 0.1) is 5.92 Å². The van der Waals surface area contributed by atoms with Crippen molar-refractivity contribution in [3.63, 3.8) is 0 Å². The Hall–Kier alpha value is -1.04. The molecular formula is C15H24Cl2N4O. The quantitative estimate of drug-likeness (QED) is 0.885. The number of aromatic nitrogens is 1. The van der Waals surface area contributed by atoms with Crippen molar-refractivity contribution < 1.29 is 4.79 Å². The molecule has 1 saturated heterocycles. The van der Waals surface area contributed by atoms with Gasteiger partial charge in [0.05, 0.1) is 0 Å². The molecule has 124 valence electrons. The molecule has 0 aromatic carbocycles. The van der Waals surface area contributed by atoms with Gasteiger partial charge in [0.15, 0.2) is 0 Å². The fourth-order valence-electron chi connectivity index (χ4n) is 3.24. The Balaban J connectivity index is 0.00000121. The van der Waals surface area contributed by atoms with Crippen LogP contribution in [0.25, 0.3) is 0 Å². The Morgan fingerprint density at radius 1 is 1.09 bits per heavy atom. The van der Waals surface area contributed by atoms with E-state index < -0.39 is 0 Å². The molecule has 5 nitrogen and oxygen atoms in total. The smallest absolute Gasteiger partial charge is 0.225 e. The molecule has 1 aromatic heterocycles. The van der Waals surface area contributed by atoms with Gasteiger partial charge in [-0.3, -0.25) is 9.78 Å². The summed E-state index contributed by atoms with van der Waals surface area (Å²) in [5, 5.41) is 0. The van der Waals surface area contributed by atoms with Crippen molar-refractivity contribution in [3.05, 3.63) is 24.5 Å². The number of hydrogen-bond donors (Lipinski definition) is 1. The van der Waals surface area contributed by atoms with Crippen LogP contribution in [0.1, 0.15) is 19.3 Å². The fraction of sp³-hybridized carbons (Fsp3) is 0.600. The van der Waals surface area contributed by atoms with E-state index in [1.807, 2.05) is 29.4 Å². The molecule has 1 aromatic rings. The predicted molar refractivity (Wildman–Crippen MR) is 92.8 cm³/mol. The minimum atomic E-state index is 0. The number of hydrogen-bond acceptors (Lipinski definition) is 4. The van der Waals surface area contributed by atoms with E-state index >= 15 is 0 Å². The maximum Gasteiger partial charge on any atom is 0.225 e. The van der Waals surface area contributed by atoms with Crippen LogP contribution in [-0.2, 0) is 4.79 Å². The van der Waals surface area contributed by atoms with Gasteiger partial charge in [-0.1, -0.05) is 0 Å². The van der Waals surface area contributed by atoms with E-state index in [-0.39, 0.29) is 36.8 Å². The maximum atomic E-state index is 12.4. The van der Waals surface area contributed by atoms with Gasteiger partial charge >= 0.3 is 0 Å². The lowest BCUT2D eigenvalue weighted by molar-refractivity contribution is -0.135. The maximum absolute atomic E-state index is 12.4. The zero-order chi connectivity index (χ0) is 13.9. The minimum absolute atomic E-state index is 0. The largest absolute Gasteiger partial charge is 0.368 e. The third-order valence-corrected chi connectivity index (χ3v) is 4.44. The third-order valence-electron chi connectivity index (χ3n) is 4.44. The Morgan fingerprint density at radius 2 is 1.73 bits per heavy atom. The van der Waals surface area contributed by atoms with Crippen molar-refractivity contribution in [3.8, 4) is 0 Å². The number of nitrogens with zero attached hydrogens (tertiary/aromatic N) is 3. The van der Waals surface area contributed by atoms with Crippen LogP contribution in [0.3, 0.4) is 0 Å². The zero-order valence-corrected chi connectivity index (χ0v) is 14.2. The highest BCUT2D eigenvalue weighted by Gasteiger charge is 2.32. The first-order valence-corrected chi connectivity index (χ1v) is 7.43. The summed E-state index contributed by atoms with van der Waals surface area (Å²) in [5.74, 6) is 0.477. The molecule has 2 heterocycles. The first-order chi connectivity index (χ1) is 9.74. The van der Waals surface area contributed by atoms with Gasteiger partial charge < -0.3 is 15.5 Å². The summed E-state index contributed by atoms with van der Waals surface area (Å²) >= 11 is 0. The van der Waals surface area contributed by atoms with E-state index in [4.69, 9.17) is 5.73 Å². The molecule has 0 spiro atoms. The zero-order valence-electron chi connectivity index (χ0n) is 12.6. The van der Waals surface area contributed by atoms with Crippen molar-refractivity contribution in [2.24, 2.45) is 11.7 Å². The van der Waals surface area contributed by atoms with Gasteiger partial charge in [0.2, 0.25) is 5.91 Å². The summed E-state index contributed by atoms with van der Waals surface area (Å²) in [6, 6.07) is 4.27. The summed E-state index contributed by atoms with van der Waals surface area (Å²) in [5.41, 5.74) is 7.10. The molecular weight excluding hydrogens is 323 g/mol. The van der Waals surface area contributed by atoms with Crippen LogP contribution in [0.2, 0.25) is 0 Å². The lowest BCUT2D eigenvalue weighted by Crippen LogP contribution is -2.50. The Kier molecular flexibility index (Phi) is 7.39. The van der Waals surface area contributed by atoms with E-state index in [0.29, 0.717) is 5.91 Å². The highest BCUT2D eigenvalue weighted by atomic mass is 35.5. The van der Waals surface area contributed by atoms with Crippen LogP contribution in [0.5, 0.6) is 0 Å². The molecule has 0 radical (unpaired) electrons. The minimum Gasteiger partial charge on any atom is -0.368 e. The summed E-state index contributed by atoms with van der Waals surface area (Å²) in [7, 11) is 0. The molecule has 1 amide bonds. The van der Waals surface area contributed by atoms with Gasteiger partial charge in [-0.2, -0.15) is 0 Å². The van der Waals surface area contributed by atoms with Crippen molar-refractivity contribution in [1.29, 1.82) is 0 Å². The molecule has 2 fully saturated rings. The second-order valence-electron chi connectivity index (χ2n) is 5.79. The second kappa shape index (κ2) is 8.56. The average Bonchev–Trinajstić information content (AvgIpc) is 2.94. The van der Waals surface area contributed by atoms with Crippen LogP contribution < -0.4 is 10.6 Å². The summed E-state index contributed by atoms with van der Waals surface area (Å²) in [4.78, 5) is 20.8. The summed E-state index contributed by atoms with van der Waals surface area (Å²) in [6.07, 6.45) is 6.45. The number of amides is 1. The van der Waals surface area contributed by atoms with E-state index in [0.717, 1.165) is 45.4 Å². The van der Waals surface area contributed by atoms with E-state index in [9.17, 15) is 4.79 Å². The van der Waals surface area contributed by atoms with Gasteiger partial charge in [0.25, 0.3) is 0 Å². The van der Waals surface area contributed by atoms with Crippen molar-refractivity contribution >= 4 is 36.4 Å². The Morgan fingerprint density at radius 3 is 2.27 bits per heavy atom. The summed E-state index contributed by atoms with van der Waals surface area (Å²) in [6.45, 7) is 3.42. The van der Waals surface area contributed by atoms with E-state index in [1.165, 1.54) is 5.69 Å². The van der Waals surface area contributed by atoms with E-state index in [1.54, 1.807) is 0 Å². The number of rotatable bonds is 2. The molecule has 1 aliphatic carbocycles. The molecule has 7 heteroatoms. The fourth-order valence-corrected chi connectivity index (χ4v) is 3.24. The number of pyridine rings is 1. The number of nitrogens with two attached hydrogens (primary N) is 1. The predicted octanol–water partition coefficient (Wildman–Crippen LogP) is 1.70. The molecule has 2 atom stereocenters. The topological polar surface area (TPSA) is 62.5 Å². The SMILES string of the molecule is Cl.Cl.N[C@@H]1CC[C@H](C(=O)N2CCN(c3ccncc3)CC2)C1. The van der Waals surface area contributed by atoms with Crippen LogP contribution >= 0.6 is 24.8 Å². The monoisotopic (exact) mass is 346 g/mol. The number of anilines is 1. The Bertz CT molecular complexity index is 466. The van der Waals surface area contributed by atoms with Crippen molar-refractivity contribution in [1.82, 2.24) is 9.88 Å². The normalized spacial score (nSPS) is 24.4. The summed E-state index contributed by atoms with van der Waals surface area (Å²) < 4.78 is 0. The number of halogens is 2. The van der Waals surface area contributed by atoms with Crippen LogP contribution in [0.4, 0.5) is 5.69 Å². The van der Waals surface area contributed by atoms with Gasteiger partial charge in [-0.15, -0.1) is 24.8 Å². The molecule has 3 rings (SSSR count). The number of carbonyl (C=O) groups excluding carboxylic acids is 1. The van der Waals surface area contributed by atoms with Gasteiger partial charge in [0, 0.05) is 56.2 Å². The highest BCUT2D eigenvalue weighted by Crippen LogP contribution is 2.26. The molecule has 0 unspecified atom stereocenters. The van der Waals surface area contributed by atoms with Crippen LogP contribution in [0.15, 0.2) is 24.5 Å². The van der Waals surface area contributed by atoms with Crippen molar-refractivity contribution in [2.75, 3.05) is 31.1 Å². The molecule has 0 bridgehead atoms. The molecule has 2 aliphatic rings. The third kappa shape index (κ3) is 4.24. The Labute approximate surface area is 144 Å². The lowest BCUT2D eigenvalue weighted by atomic mass is 10.1. The van der Waals surface area contributed by atoms with Crippen LogP contribution in [-0.4, -0.2) is 48.0 Å². The average molecular weight is 347 g/mol. The number of piperazine rings is 1. The first-order valence-electron chi connectivity index (χ1n) is 7.43. The highest BCUT2D eigenvalue weighted by molar-refractivity contribution is 5.85. The standard InChI is InChI=1S/C15H22N4O.2ClH/c16-13-2-1-12(11-13)15(20)19-9-7-18(8-10-19)14-3-5-17-6-4-14;;/h3-6,12-13H,1-2,7-11,16H2;2*1H/t12-,13+;;/m0../s1. The molecule has 2 N–H and O–H groups in total. The molecule has 22 heavy (non-hydrogen) atoms. The van der Waals surface area contributed by atoms with Gasteiger partial charge in [-0.05, 0) is 31.4 Å². The molecule has 1 aliphatic heterocycles. The second-order valence-corrected chi connectivity index (χ2v) is 5.79. The van der Waals surface area contributed by atoms with E-state index in [2.05, 4.69) is 9.88 Å². The lowest BCUT2D eigenvalue weighted by Gasteiger charge is -2.37. The van der Waals surface area contributed by atoms with Gasteiger partial charge in [0.1, 0.15) is 0 Å². The van der Waals surface area contributed by atoms with Crippen molar-refractivity contribution in [2.45, 2.75) is 25.3 Å². The molecule has 1 saturated carbocycles. The first kappa shape index (κ1) is 19.0.